The van der Waals surface area contributed by atoms with Gasteiger partial charge >= 0.3 is 0 Å². The van der Waals surface area contributed by atoms with Gasteiger partial charge in [0.2, 0.25) is 0 Å². The standard InChI is InChI=1S/C23H31N3O3/c1-25(12-13-28-2)15-18-14-23(29-16-18)10-5-11-26(17-23)22(27)21-9-8-19-6-3-4-7-20(19)24-21/h3-4,6-9,18H,5,10-17H2,1-2H3/t18-,23+/m0/s1. The molecule has 1 aromatic heterocycles. The number of amides is 1. The molecule has 2 aliphatic heterocycles. The van der Waals surface area contributed by atoms with Crippen LogP contribution in [0.5, 0.6) is 0 Å². The van der Waals surface area contributed by atoms with E-state index >= 15 is 0 Å². The number of fused-ring (bicyclic) bond motifs is 1. The van der Waals surface area contributed by atoms with Gasteiger partial charge in [-0.05, 0) is 44.4 Å². The van der Waals surface area contributed by atoms with Crippen LogP contribution in [0, 0.1) is 5.92 Å². The van der Waals surface area contributed by atoms with Crippen LogP contribution in [0.2, 0.25) is 0 Å². The van der Waals surface area contributed by atoms with Crippen molar-refractivity contribution in [2.75, 3.05) is 53.6 Å². The van der Waals surface area contributed by atoms with Crippen molar-refractivity contribution in [2.45, 2.75) is 24.9 Å². The number of carbonyl (C=O) groups is 1. The second-order valence-corrected chi connectivity index (χ2v) is 8.54. The first kappa shape index (κ1) is 20.3. The number of methoxy groups -OCH3 is 1. The number of carbonyl (C=O) groups excluding carboxylic acids is 1. The van der Waals surface area contributed by atoms with Gasteiger partial charge in [0.15, 0.2) is 0 Å². The van der Waals surface area contributed by atoms with E-state index in [-0.39, 0.29) is 11.5 Å². The van der Waals surface area contributed by atoms with E-state index in [1.54, 1.807) is 7.11 Å². The number of benzene rings is 1. The molecule has 2 aromatic rings. The van der Waals surface area contributed by atoms with Gasteiger partial charge in [-0.25, -0.2) is 4.98 Å². The Morgan fingerprint density at radius 3 is 3.07 bits per heavy atom. The zero-order valence-electron chi connectivity index (χ0n) is 17.5. The van der Waals surface area contributed by atoms with Gasteiger partial charge < -0.3 is 19.3 Å². The Morgan fingerprint density at radius 1 is 1.34 bits per heavy atom. The van der Waals surface area contributed by atoms with Crippen molar-refractivity contribution in [3.8, 4) is 0 Å². The van der Waals surface area contributed by atoms with Crippen LogP contribution >= 0.6 is 0 Å². The van der Waals surface area contributed by atoms with Gasteiger partial charge in [-0.3, -0.25) is 4.79 Å². The zero-order valence-corrected chi connectivity index (χ0v) is 17.5. The number of likely N-dealkylation sites (tertiary alicyclic amines) is 1. The minimum absolute atomic E-state index is 0.0130. The molecule has 1 spiro atoms. The number of pyridine rings is 1. The number of nitrogens with zero attached hydrogens (tertiary/aromatic N) is 3. The van der Waals surface area contributed by atoms with Crippen molar-refractivity contribution >= 4 is 16.8 Å². The maximum atomic E-state index is 13.1. The summed E-state index contributed by atoms with van der Waals surface area (Å²) in [5, 5.41) is 1.05. The van der Waals surface area contributed by atoms with Crippen LogP contribution in [-0.4, -0.2) is 79.8 Å². The average Bonchev–Trinajstić information content (AvgIpc) is 3.12. The molecule has 0 radical (unpaired) electrons. The summed E-state index contributed by atoms with van der Waals surface area (Å²) in [6, 6.07) is 11.7. The Kier molecular flexibility index (Phi) is 6.13. The largest absolute Gasteiger partial charge is 0.383 e. The van der Waals surface area contributed by atoms with Gasteiger partial charge in [0.1, 0.15) is 5.69 Å². The fourth-order valence-corrected chi connectivity index (χ4v) is 4.74. The number of aromatic nitrogens is 1. The monoisotopic (exact) mass is 397 g/mol. The molecule has 2 saturated heterocycles. The molecule has 2 fully saturated rings. The first-order valence-electron chi connectivity index (χ1n) is 10.6. The fraction of sp³-hybridized carbons (Fsp3) is 0.565. The van der Waals surface area contributed by atoms with Crippen LogP contribution in [-0.2, 0) is 9.47 Å². The molecule has 3 heterocycles. The number of likely N-dealkylation sites (N-methyl/N-ethyl adjacent to an activating group) is 1. The predicted octanol–water partition coefficient (Wildman–Crippen LogP) is 2.82. The molecule has 6 nitrogen and oxygen atoms in total. The molecule has 0 bridgehead atoms. The summed E-state index contributed by atoms with van der Waals surface area (Å²) in [6.45, 7) is 4.89. The molecule has 0 unspecified atom stereocenters. The van der Waals surface area contributed by atoms with Crippen LogP contribution < -0.4 is 0 Å². The lowest BCUT2D eigenvalue weighted by molar-refractivity contribution is -0.0451. The molecular formula is C23H31N3O3. The Hall–Kier alpha value is -2.02. The van der Waals surface area contributed by atoms with E-state index in [1.165, 1.54) is 0 Å². The maximum Gasteiger partial charge on any atom is 0.272 e. The summed E-state index contributed by atoms with van der Waals surface area (Å²) in [4.78, 5) is 22.0. The van der Waals surface area contributed by atoms with Crippen molar-refractivity contribution in [3.63, 3.8) is 0 Å². The quantitative estimate of drug-likeness (QED) is 0.750. The van der Waals surface area contributed by atoms with Gasteiger partial charge in [-0.15, -0.1) is 0 Å². The molecule has 6 heteroatoms. The Bertz CT molecular complexity index is 858. The predicted molar refractivity (Wildman–Crippen MR) is 113 cm³/mol. The minimum Gasteiger partial charge on any atom is -0.383 e. The molecular weight excluding hydrogens is 366 g/mol. The van der Waals surface area contributed by atoms with Gasteiger partial charge in [0.25, 0.3) is 5.91 Å². The number of hydrogen-bond acceptors (Lipinski definition) is 5. The SMILES string of the molecule is COCCN(C)C[C@H]1CO[C@]2(CCCN(C(=O)c3ccc4ccccc4n3)C2)C1. The van der Waals surface area contributed by atoms with Crippen LogP contribution in [0.4, 0.5) is 0 Å². The van der Waals surface area contributed by atoms with Crippen molar-refractivity contribution in [3.05, 3.63) is 42.1 Å². The van der Waals surface area contributed by atoms with Crippen molar-refractivity contribution in [2.24, 2.45) is 5.92 Å². The Labute approximate surface area is 172 Å². The zero-order chi connectivity index (χ0) is 20.3. The molecule has 2 atom stereocenters. The smallest absolute Gasteiger partial charge is 0.272 e. The van der Waals surface area contributed by atoms with Crippen LogP contribution in [0.25, 0.3) is 10.9 Å². The summed E-state index contributed by atoms with van der Waals surface area (Å²) < 4.78 is 11.5. The van der Waals surface area contributed by atoms with E-state index in [2.05, 4.69) is 16.9 Å². The second kappa shape index (κ2) is 8.78. The van der Waals surface area contributed by atoms with Gasteiger partial charge in [0, 0.05) is 32.1 Å². The third-order valence-corrected chi connectivity index (χ3v) is 6.18. The van der Waals surface area contributed by atoms with Crippen LogP contribution in [0.15, 0.2) is 36.4 Å². The highest BCUT2D eigenvalue weighted by Crippen LogP contribution is 2.38. The lowest BCUT2D eigenvalue weighted by Gasteiger charge is -2.39. The Balaban J connectivity index is 1.40. The molecule has 0 aliphatic carbocycles. The molecule has 4 rings (SSSR count). The van der Waals surface area contributed by atoms with Gasteiger partial charge in [-0.1, -0.05) is 24.3 Å². The summed E-state index contributed by atoms with van der Waals surface area (Å²) in [5.74, 6) is 0.518. The third kappa shape index (κ3) is 4.60. The Morgan fingerprint density at radius 2 is 2.21 bits per heavy atom. The number of hydrogen-bond donors (Lipinski definition) is 0. The van der Waals surface area contributed by atoms with Crippen molar-refractivity contribution in [1.82, 2.24) is 14.8 Å². The molecule has 0 N–H and O–H groups in total. The van der Waals surface area contributed by atoms with Crippen LogP contribution in [0.3, 0.4) is 0 Å². The summed E-state index contributed by atoms with van der Waals surface area (Å²) in [7, 11) is 3.87. The van der Waals surface area contributed by atoms with E-state index in [4.69, 9.17) is 9.47 Å². The van der Waals surface area contributed by atoms with Crippen LogP contribution in [0.1, 0.15) is 29.8 Å². The first-order valence-corrected chi connectivity index (χ1v) is 10.6. The van der Waals surface area contributed by atoms with E-state index < -0.39 is 0 Å². The highest BCUT2D eigenvalue weighted by Gasteiger charge is 2.44. The summed E-state index contributed by atoms with van der Waals surface area (Å²) >= 11 is 0. The molecule has 0 saturated carbocycles. The van der Waals surface area contributed by atoms with Gasteiger partial charge in [-0.2, -0.15) is 0 Å². The third-order valence-electron chi connectivity index (χ3n) is 6.18. The minimum atomic E-state index is -0.197. The lowest BCUT2D eigenvalue weighted by atomic mass is 9.86. The summed E-state index contributed by atoms with van der Waals surface area (Å²) in [6.07, 6.45) is 3.02. The highest BCUT2D eigenvalue weighted by molar-refractivity contribution is 5.95. The number of piperidine rings is 1. The van der Waals surface area contributed by atoms with Crippen molar-refractivity contribution in [1.29, 1.82) is 0 Å². The topological polar surface area (TPSA) is 54.9 Å². The average molecular weight is 398 g/mol. The molecule has 1 aromatic carbocycles. The van der Waals surface area contributed by atoms with E-state index in [1.807, 2.05) is 41.3 Å². The number of para-hydroxylation sites is 1. The van der Waals surface area contributed by atoms with Gasteiger partial charge in [0.05, 0.1) is 30.9 Å². The molecule has 156 valence electrons. The second-order valence-electron chi connectivity index (χ2n) is 8.54. The first-order chi connectivity index (χ1) is 14.1. The van der Waals surface area contributed by atoms with E-state index in [0.717, 1.165) is 63.0 Å². The molecule has 1 amide bonds. The van der Waals surface area contributed by atoms with Crippen molar-refractivity contribution < 1.29 is 14.3 Å². The lowest BCUT2D eigenvalue weighted by Crippen LogP contribution is -2.50. The fourth-order valence-electron chi connectivity index (χ4n) is 4.74. The summed E-state index contributed by atoms with van der Waals surface area (Å²) in [5.41, 5.74) is 1.19. The van der Waals surface area contributed by atoms with E-state index in [9.17, 15) is 4.79 Å². The highest BCUT2D eigenvalue weighted by atomic mass is 16.5. The number of rotatable bonds is 6. The molecule has 29 heavy (non-hydrogen) atoms. The van der Waals surface area contributed by atoms with E-state index in [0.29, 0.717) is 18.2 Å². The molecule has 2 aliphatic rings. The maximum absolute atomic E-state index is 13.1. The number of ether oxygens (including phenoxy) is 2. The normalized spacial score (nSPS) is 24.7.